The van der Waals surface area contributed by atoms with Crippen molar-refractivity contribution in [3.8, 4) is 50.8 Å². The molecule has 0 aliphatic heterocycles. The van der Waals surface area contributed by atoms with E-state index in [4.69, 9.17) is 15.0 Å². The van der Waals surface area contributed by atoms with Gasteiger partial charge in [0.15, 0.2) is 5.82 Å². The SMILES string of the molecule is c1ccc(-c2cc(-c3cccc(-n4c5ccccc5c5c6c(ccc54)c(-c4ccccc4)nc4ccccc46)c3)nc(-c3ccccc3)n2)cc1. The van der Waals surface area contributed by atoms with Gasteiger partial charge < -0.3 is 4.57 Å². The van der Waals surface area contributed by atoms with Crippen LogP contribution in [0.5, 0.6) is 0 Å². The van der Waals surface area contributed by atoms with Crippen LogP contribution < -0.4 is 0 Å². The third kappa shape index (κ3) is 4.88. The molecule has 4 heteroatoms. The minimum Gasteiger partial charge on any atom is -0.309 e. The van der Waals surface area contributed by atoms with E-state index in [1.807, 2.05) is 36.4 Å². The average molecular weight is 651 g/mol. The summed E-state index contributed by atoms with van der Waals surface area (Å²) in [4.78, 5) is 15.4. The highest BCUT2D eigenvalue weighted by atomic mass is 15.0. The zero-order valence-corrected chi connectivity index (χ0v) is 27.6. The molecule has 0 unspecified atom stereocenters. The first-order valence-corrected chi connectivity index (χ1v) is 17.2. The van der Waals surface area contributed by atoms with E-state index in [2.05, 4.69) is 150 Å². The molecule has 7 aromatic carbocycles. The highest BCUT2D eigenvalue weighted by molar-refractivity contribution is 6.29. The van der Waals surface area contributed by atoms with E-state index < -0.39 is 0 Å². The largest absolute Gasteiger partial charge is 0.309 e. The van der Waals surface area contributed by atoms with Gasteiger partial charge in [0.25, 0.3) is 0 Å². The smallest absolute Gasteiger partial charge is 0.160 e. The Morgan fingerprint density at radius 2 is 0.961 bits per heavy atom. The number of rotatable bonds is 5. The van der Waals surface area contributed by atoms with Crippen LogP contribution in [0.3, 0.4) is 0 Å². The molecule has 0 atom stereocenters. The predicted octanol–water partition coefficient (Wildman–Crippen LogP) is 11.9. The Morgan fingerprint density at radius 1 is 0.353 bits per heavy atom. The molecule has 3 aromatic heterocycles. The quantitative estimate of drug-likeness (QED) is 0.174. The lowest BCUT2D eigenvalue weighted by Gasteiger charge is -2.13. The first-order chi connectivity index (χ1) is 25.3. The van der Waals surface area contributed by atoms with Gasteiger partial charge in [0, 0.05) is 54.9 Å². The van der Waals surface area contributed by atoms with E-state index in [0.717, 1.165) is 72.3 Å². The number of hydrogen-bond acceptors (Lipinski definition) is 3. The van der Waals surface area contributed by atoms with E-state index in [1.165, 1.54) is 16.2 Å². The summed E-state index contributed by atoms with van der Waals surface area (Å²) >= 11 is 0. The third-order valence-electron chi connectivity index (χ3n) is 9.77. The van der Waals surface area contributed by atoms with Crippen molar-refractivity contribution in [2.75, 3.05) is 0 Å². The molecular formula is C47H30N4. The fourth-order valence-electron chi connectivity index (χ4n) is 7.47. The molecule has 0 saturated heterocycles. The molecule has 0 aliphatic rings. The number of benzene rings is 7. The van der Waals surface area contributed by atoms with Gasteiger partial charge in [-0.2, -0.15) is 0 Å². The van der Waals surface area contributed by atoms with Gasteiger partial charge in [-0.25, -0.2) is 15.0 Å². The zero-order valence-electron chi connectivity index (χ0n) is 27.6. The molecule has 0 aliphatic carbocycles. The first-order valence-electron chi connectivity index (χ1n) is 17.2. The molecule has 0 N–H and O–H groups in total. The van der Waals surface area contributed by atoms with Gasteiger partial charge in [-0.3, -0.25) is 0 Å². The summed E-state index contributed by atoms with van der Waals surface area (Å²) in [5.41, 5.74) is 11.3. The summed E-state index contributed by atoms with van der Waals surface area (Å²) in [5, 5.41) is 5.95. The van der Waals surface area contributed by atoms with Crippen LogP contribution in [0, 0.1) is 0 Å². The number of para-hydroxylation sites is 2. The molecule has 51 heavy (non-hydrogen) atoms. The van der Waals surface area contributed by atoms with Gasteiger partial charge in [-0.1, -0.05) is 146 Å². The molecule has 10 rings (SSSR count). The maximum atomic E-state index is 5.21. The summed E-state index contributed by atoms with van der Waals surface area (Å²) in [6.07, 6.45) is 0. The van der Waals surface area contributed by atoms with Crippen molar-refractivity contribution in [3.05, 3.63) is 182 Å². The molecule has 0 fully saturated rings. The van der Waals surface area contributed by atoms with Crippen LogP contribution in [-0.4, -0.2) is 19.5 Å². The minimum absolute atomic E-state index is 0.704. The van der Waals surface area contributed by atoms with Crippen LogP contribution in [0.2, 0.25) is 0 Å². The molecule has 0 radical (unpaired) electrons. The second kappa shape index (κ2) is 11.9. The van der Waals surface area contributed by atoms with Gasteiger partial charge >= 0.3 is 0 Å². The van der Waals surface area contributed by atoms with Crippen molar-refractivity contribution >= 4 is 43.5 Å². The van der Waals surface area contributed by atoms with Gasteiger partial charge in [-0.15, -0.1) is 0 Å². The van der Waals surface area contributed by atoms with Crippen LogP contribution in [-0.2, 0) is 0 Å². The molecule has 238 valence electrons. The van der Waals surface area contributed by atoms with Gasteiger partial charge in [0.05, 0.1) is 33.6 Å². The van der Waals surface area contributed by atoms with E-state index in [-0.39, 0.29) is 0 Å². The summed E-state index contributed by atoms with van der Waals surface area (Å²) in [7, 11) is 0. The Labute approximate surface area is 295 Å². The van der Waals surface area contributed by atoms with Crippen LogP contribution in [0.4, 0.5) is 0 Å². The number of hydrogen-bond donors (Lipinski definition) is 0. The molecule has 0 spiro atoms. The Kier molecular flexibility index (Phi) is 6.78. The molecule has 0 saturated carbocycles. The monoisotopic (exact) mass is 650 g/mol. The normalized spacial score (nSPS) is 11.5. The Morgan fingerprint density at radius 3 is 1.73 bits per heavy atom. The highest BCUT2D eigenvalue weighted by Gasteiger charge is 2.20. The fraction of sp³-hybridized carbons (Fsp3) is 0. The third-order valence-corrected chi connectivity index (χ3v) is 9.77. The van der Waals surface area contributed by atoms with Crippen molar-refractivity contribution in [2.45, 2.75) is 0 Å². The minimum atomic E-state index is 0.704. The second-order valence-corrected chi connectivity index (χ2v) is 12.8. The van der Waals surface area contributed by atoms with Crippen molar-refractivity contribution in [1.29, 1.82) is 0 Å². The van der Waals surface area contributed by atoms with Crippen LogP contribution in [0.15, 0.2) is 182 Å². The Hall–Kier alpha value is -6.91. The maximum Gasteiger partial charge on any atom is 0.160 e. The van der Waals surface area contributed by atoms with Crippen molar-refractivity contribution in [3.63, 3.8) is 0 Å². The lowest BCUT2D eigenvalue weighted by atomic mass is 9.96. The molecular weight excluding hydrogens is 621 g/mol. The molecule has 4 nitrogen and oxygen atoms in total. The second-order valence-electron chi connectivity index (χ2n) is 12.8. The van der Waals surface area contributed by atoms with E-state index in [1.54, 1.807) is 0 Å². The zero-order chi connectivity index (χ0) is 33.7. The summed E-state index contributed by atoms with van der Waals surface area (Å²) in [6, 6.07) is 63.6. The molecule has 3 heterocycles. The lowest BCUT2D eigenvalue weighted by Crippen LogP contribution is -1.98. The summed E-state index contributed by atoms with van der Waals surface area (Å²) < 4.78 is 2.39. The Bertz CT molecular complexity index is 2840. The molecule has 10 aromatic rings. The van der Waals surface area contributed by atoms with Crippen molar-refractivity contribution < 1.29 is 0 Å². The van der Waals surface area contributed by atoms with Gasteiger partial charge in [0.1, 0.15) is 0 Å². The Balaban J connectivity index is 1.23. The van der Waals surface area contributed by atoms with E-state index in [9.17, 15) is 0 Å². The molecule has 0 bridgehead atoms. The lowest BCUT2D eigenvalue weighted by molar-refractivity contribution is 1.16. The standard InChI is InChI=1S/C47H30N4/c1-4-15-31(16-5-1)40-30-41(50-47(49-40)33-19-8-3-9-20-33)34-21-14-22-35(29-34)51-42-26-13-11-24-37(42)45-43(51)28-27-38-44(45)36-23-10-12-25-39(36)48-46(38)32-17-6-2-7-18-32/h1-30H. The van der Waals surface area contributed by atoms with Crippen LogP contribution in [0.25, 0.3) is 94.3 Å². The summed E-state index contributed by atoms with van der Waals surface area (Å²) in [5.74, 6) is 0.704. The number of pyridine rings is 1. The summed E-state index contributed by atoms with van der Waals surface area (Å²) in [6.45, 7) is 0. The topological polar surface area (TPSA) is 43.6 Å². The van der Waals surface area contributed by atoms with Crippen molar-refractivity contribution in [2.24, 2.45) is 0 Å². The fourth-order valence-corrected chi connectivity index (χ4v) is 7.47. The van der Waals surface area contributed by atoms with Gasteiger partial charge in [-0.05, 0) is 36.4 Å². The van der Waals surface area contributed by atoms with Gasteiger partial charge in [0.2, 0.25) is 0 Å². The average Bonchev–Trinajstić information content (AvgIpc) is 3.56. The van der Waals surface area contributed by atoms with E-state index >= 15 is 0 Å². The maximum absolute atomic E-state index is 5.21. The number of fused-ring (bicyclic) bond motifs is 7. The van der Waals surface area contributed by atoms with Crippen LogP contribution >= 0.6 is 0 Å². The number of aromatic nitrogens is 4. The number of nitrogens with zero attached hydrogens (tertiary/aromatic N) is 4. The predicted molar refractivity (Wildman–Crippen MR) is 211 cm³/mol. The van der Waals surface area contributed by atoms with Crippen molar-refractivity contribution in [1.82, 2.24) is 19.5 Å². The molecule has 0 amide bonds. The first kappa shape index (κ1) is 29.0. The van der Waals surface area contributed by atoms with E-state index in [0.29, 0.717) is 5.82 Å². The van der Waals surface area contributed by atoms with Crippen LogP contribution in [0.1, 0.15) is 0 Å². The highest BCUT2D eigenvalue weighted by Crippen LogP contribution is 2.42.